The van der Waals surface area contributed by atoms with Crippen molar-refractivity contribution in [2.24, 2.45) is 10.2 Å². The third kappa shape index (κ3) is 2.35. The summed E-state index contributed by atoms with van der Waals surface area (Å²) in [7, 11) is 0. The van der Waals surface area contributed by atoms with E-state index in [1.54, 1.807) is 0 Å². The Hall–Kier alpha value is -2.12. The lowest BCUT2D eigenvalue weighted by Gasteiger charge is -2.16. The molecule has 0 saturated heterocycles. The number of hydrogen-bond acceptors (Lipinski definition) is 5. The van der Waals surface area contributed by atoms with E-state index in [4.69, 9.17) is 0 Å². The second-order valence-electron chi connectivity index (χ2n) is 3.22. The standard InChI is InChI=1S/C9H5F3N2O3/c10-9(11,12)17-4-1-2-5-6(3-4)13-14-7(5)8(15)16/h1-2H,3H2,(H,15,16)/p-1. The molecule has 0 atom stereocenters. The summed E-state index contributed by atoms with van der Waals surface area (Å²) >= 11 is 0. The van der Waals surface area contributed by atoms with Crippen LogP contribution in [0.5, 0.6) is 0 Å². The first-order chi connectivity index (χ1) is 7.87. The molecule has 8 heteroatoms. The van der Waals surface area contributed by atoms with Crippen molar-refractivity contribution < 1.29 is 27.8 Å². The van der Waals surface area contributed by atoms with Gasteiger partial charge in [-0.15, -0.1) is 18.3 Å². The number of carboxylic acids is 1. The van der Waals surface area contributed by atoms with Crippen molar-refractivity contribution in [3.63, 3.8) is 0 Å². The smallest absolute Gasteiger partial charge is 0.543 e. The van der Waals surface area contributed by atoms with Gasteiger partial charge in [0.1, 0.15) is 11.5 Å². The van der Waals surface area contributed by atoms with Crippen LogP contribution in [0, 0.1) is 0 Å². The predicted octanol–water partition coefficient (Wildman–Crippen LogP) is 0.297. The van der Waals surface area contributed by atoms with E-state index in [9.17, 15) is 23.1 Å². The van der Waals surface area contributed by atoms with Crippen molar-refractivity contribution in [3.8, 4) is 0 Å². The first kappa shape index (κ1) is 11.4. The van der Waals surface area contributed by atoms with Crippen LogP contribution in [0.2, 0.25) is 0 Å². The molecule has 1 aliphatic carbocycles. The average Bonchev–Trinajstić information content (AvgIpc) is 2.57. The molecular weight excluding hydrogens is 241 g/mol. The Morgan fingerprint density at radius 1 is 1.35 bits per heavy atom. The van der Waals surface area contributed by atoms with Crippen molar-refractivity contribution in [2.45, 2.75) is 12.8 Å². The summed E-state index contributed by atoms with van der Waals surface area (Å²) < 4.78 is 39.5. The van der Waals surface area contributed by atoms with Gasteiger partial charge in [-0.1, -0.05) is 0 Å². The largest absolute Gasteiger partial charge is 0.572 e. The topological polar surface area (TPSA) is 74.1 Å². The van der Waals surface area contributed by atoms with Gasteiger partial charge in [-0.3, -0.25) is 0 Å². The molecule has 0 spiro atoms. The zero-order chi connectivity index (χ0) is 12.6. The van der Waals surface area contributed by atoms with Crippen molar-refractivity contribution >= 4 is 17.4 Å². The van der Waals surface area contributed by atoms with Crippen LogP contribution in [0.15, 0.2) is 33.7 Å². The number of nitrogens with zero attached hydrogens (tertiary/aromatic N) is 2. The van der Waals surface area contributed by atoms with Crippen LogP contribution in [-0.2, 0) is 9.53 Å². The Kier molecular flexibility index (Phi) is 2.49. The van der Waals surface area contributed by atoms with Crippen LogP contribution in [0.4, 0.5) is 13.2 Å². The molecule has 0 radical (unpaired) electrons. The summed E-state index contributed by atoms with van der Waals surface area (Å²) in [5, 5.41) is 17.4. The molecule has 17 heavy (non-hydrogen) atoms. The van der Waals surface area contributed by atoms with Gasteiger partial charge in [0.05, 0.1) is 18.1 Å². The van der Waals surface area contributed by atoms with Gasteiger partial charge in [0.15, 0.2) is 0 Å². The highest BCUT2D eigenvalue weighted by atomic mass is 19.4. The minimum absolute atomic E-state index is 0.117. The van der Waals surface area contributed by atoms with Gasteiger partial charge < -0.3 is 14.6 Å². The molecule has 2 rings (SSSR count). The fourth-order valence-corrected chi connectivity index (χ4v) is 1.43. The molecule has 90 valence electrons. The number of carboxylic acid groups (broad SMARTS) is 1. The first-order valence-electron chi connectivity index (χ1n) is 4.40. The molecule has 0 saturated carbocycles. The quantitative estimate of drug-likeness (QED) is 0.702. The summed E-state index contributed by atoms with van der Waals surface area (Å²) in [6.07, 6.45) is -2.85. The molecule has 2 aliphatic rings. The number of allylic oxidation sites excluding steroid dienone is 3. The fraction of sp³-hybridized carbons (Fsp3) is 0.222. The van der Waals surface area contributed by atoms with E-state index in [1.807, 2.05) is 0 Å². The predicted molar refractivity (Wildman–Crippen MR) is 47.8 cm³/mol. The highest BCUT2D eigenvalue weighted by Crippen LogP contribution is 2.28. The van der Waals surface area contributed by atoms with E-state index in [0.29, 0.717) is 0 Å². The summed E-state index contributed by atoms with van der Waals surface area (Å²) in [6, 6.07) is 0. The highest BCUT2D eigenvalue weighted by Gasteiger charge is 2.34. The summed E-state index contributed by atoms with van der Waals surface area (Å²) in [4.78, 5) is 10.6. The molecule has 5 nitrogen and oxygen atoms in total. The van der Waals surface area contributed by atoms with E-state index in [1.165, 1.54) is 0 Å². The number of rotatable bonds is 2. The number of aliphatic carboxylic acids is 1. The Morgan fingerprint density at radius 3 is 2.65 bits per heavy atom. The zero-order valence-corrected chi connectivity index (χ0v) is 8.11. The van der Waals surface area contributed by atoms with Crippen molar-refractivity contribution in [2.75, 3.05) is 0 Å². The van der Waals surface area contributed by atoms with Gasteiger partial charge in [-0.05, 0) is 12.2 Å². The van der Waals surface area contributed by atoms with Gasteiger partial charge in [0.25, 0.3) is 0 Å². The number of alkyl halides is 3. The maximum atomic E-state index is 11.9. The van der Waals surface area contributed by atoms with E-state index in [0.717, 1.165) is 12.2 Å². The van der Waals surface area contributed by atoms with Gasteiger partial charge in [0, 0.05) is 5.57 Å². The normalized spacial score (nSPS) is 18.8. The lowest BCUT2D eigenvalue weighted by Crippen LogP contribution is -2.33. The van der Waals surface area contributed by atoms with Crippen LogP contribution in [0.25, 0.3) is 0 Å². The molecule has 0 N–H and O–H groups in total. The number of carbonyl (C=O) groups is 1. The second-order valence-corrected chi connectivity index (χ2v) is 3.22. The van der Waals surface area contributed by atoms with Gasteiger partial charge in [-0.25, -0.2) is 0 Å². The summed E-state index contributed by atoms with van der Waals surface area (Å²) in [6.45, 7) is 0. The first-order valence-corrected chi connectivity index (χ1v) is 4.40. The lowest BCUT2D eigenvalue weighted by atomic mass is 9.98. The van der Waals surface area contributed by atoms with E-state index < -0.39 is 12.3 Å². The van der Waals surface area contributed by atoms with Crippen LogP contribution >= 0.6 is 0 Å². The minimum atomic E-state index is -4.78. The van der Waals surface area contributed by atoms with E-state index >= 15 is 0 Å². The highest BCUT2D eigenvalue weighted by molar-refractivity contribution is 6.50. The van der Waals surface area contributed by atoms with Crippen molar-refractivity contribution in [1.29, 1.82) is 0 Å². The number of fused-ring (bicyclic) bond motifs is 1. The lowest BCUT2D eigenvalue weighted by molar-refractivity contribution is -0.305. The monoisotopic (exact) mass is 245 g/mol. The number of hydrogen-bond donors (Lipinski definition) is 0. The van der Waals surface area contributed by atoms with Gasteiger partial charge in [-0.2, -0.15) is 5.10 Å². The minimum Gasteiger partial charge on any atom is -0.543 e. The SMILES string of the molecule is O=C([O-])C1=NN=C2CC(OC(F)(F)F)=CC=C21. The molecule has 0 unspecified atom stereocenters. The molecule has 0 amide bonds. The average molecular weight is 245 g/mol. The third-order valence-corrected chi connectivity index (χ3v) is 2.05. The molecule has 1 aliphatic heterocycles. The zero-order valence-electron chi connectivity index (χ0n) is 8.11. The number of halogens is 3. The van der Waals surface area contributed by atoms with Crippen molar-refractivity contribution in [3.05, 3.63) is 23.5 Å². The molecule has 0 aromatic carbocycles. The maximum Gasteiger partial charge on any atom is 0.572 e. The molecule has 0 bridgehead atoms. The summed E-state index contributed by atoms with van der Waals surface area (Å²) in [5.41, 5.74) is -0.118. The maximum absolute atomic E-state index is 11.9. The summed E-state index contributed by atoms with van der Waals surface area (Å²) in [5.74, 6) is -1.89. The van der Waals surface area contributed by atoms with E-state index in [-0.39, 0.29) is 29.2 Å². The Labute approximate surface area is 92.6 Å². The molecule has 0 fully saturated rings. The fourth-order valence-electron chi connectivity index (χ4n) is 1.43. The second kappa shape index (κ2) is 3.72. The van der Waals surface area contributed by atoms with Crippen LogP contribution in [0.3, 0.4) is 0 Å². The van der Waals surface area contributed by atoms with E-state index in [2.05, 4.69) is 14.9 Å². The molecule has 1 heterocycles. The molecule has 0 aromatic heterocycles. The number of ether oxygens (including phenoxy) is 1. The Bertz CT molecular complexity index is 500. The Balaban J connectivity index is 2.20. The molecule has 0 aromatic rings. The van der Waals surface area contributed by atoms with Crippen LogP contribution in [-0.4, -0.2) is 23.8 Å². The van der Waals surface area contributed by atoms with Crippen LogP contribution in [0.1, 0.15) is 6.42 Å². The third-order valence-electron chi connectivity index (χ3n) is 2.05. The van der Waals surface area contributed by atoms with Gasteiger partial charge >= 0.3 is 6.36 Å². The molecular formula is C9H4F3N2O3-. The van der Waals surface area contributed by atoms with Gasteiger partial charge in [0.2, 0.25) is 0 Å². The number of carbonyl (C=O) groups excluding carboxylic acids is 1. The Morgan fingerprint density at radius 2 is 2.06 bits per heavy atom. The van der Waals surface area contributed by atoms with Crippen LogP contribution < -0.4 is 5.11 Å². The van der Waals surface area contributed by atoms with Crippen molar-refractivity contribution in [1.82, 2.24) is 0 Å².